The van der Waals surface area contributed by atoms with Gasteiger partial charge >= 0.3 is 7.12 Å². The van der Waals surface area contributed by atoms with Gasteiger partial charge < -0.3 is 15.0 Å². The molecule has 0 amide bonds. The van der Waals surface area contributed by atoms with Gasteiger partial charge in [-0.15, -0.1) is 12.4 Å². The van der Waals surface area contributed by atoms with E-state index in [0.29, 0.717) is 11.3 Å². The molecule has 0 aromatic heterocycles. The van der Waals surface area contributed by atoms with Crippen molar-refractivity contribution >= 4 is 19.5 Å². The van der Waals surface area contributed by atoms with Crippen LogP contribution in [0.4, 0.5) is 0 Å². The lowest BCUT2D eigenvalue weighted by molar-refractivity contribution is -0.199. The molecule has 5 atom stereocenters. The summed E-state index contributed by atoms with van der Waals surface area (Å²) in [7, 11) is -0.326. The Bertz CT molecular complexity index is 593. The molecule has 2 bridgehead atoms. The summed E-state index contributed by atoms with van der Waals surface area (Å²) < 4.78 is 12.7. The Labute approximate surface area is 145 Å². The lowest BCUT2D eigenvalue weighted by atomic mass is 9.43. The fraction of sp³-hybridized carbons (Fsp3) is 0.667. The molecule has 126 valence electrons. The highest BCUT2D eigenvalue weighted by atomic mass is 35.5. The third-order valence-corrected chi connectivity index (χ3v) is 6.72. The average Bonchev–Trinajstić information content (AvgIpc) is 2.84. The third kappa shape index (κ3) is 2.38. The van der Waals surface area contributed by atoms with E-state index in [2.05, 4.69) is 52.0 Å². The molecule has 1 aromatic rings. The number of rotatable bonds is 2. The van der Waals surface area contributed by atoms with Gasteiger partial charge in [0.25, 0.3) is 0 Å². The van der Waals surface area contributed by atoms with Crippen LogP contribution >= 0.6 is 12.4 Å². The molecule has 23 heavy (non-hydrogen) atoms. The summed E-state index contributed by atoms with van der Waals surface area (Å²) in [5, 5.41) is 0. The van der Waals surface area contributed by atoms with Crippen molar-refractivity contribution in [3.05, 3.63) is 35.4 Å². The largest absolute Gasteiger partial charge is 0.480 e. The molecule has 1 aliphatic heterocycles. The normalized spacial score (nSPS) is 38.3. The minimum atomic E-state index is -0.326. The maximum atomic E-state index is 6.44. The first-order valence-corrected chi connectivity index (χ1v) is 8.48. The Morgan fingerprint density at radius 3 is 2.43 bits per heavy atom. The molecule has 4 aliphatic rings. The van der Waals surface area contributed by atoms with Crippen molar-refractivity contribution in [3.63, 3.8) is 0 Å². The van der Waals surface area contributed by atoms with Crippen molar-refractivity contribution in [2.75, 3.05) is 0 Å². The fourth-order valence-electron chi connectivity index (χ4n) is 5.00. The van der Waals surface area contributed by atoms with Gasteiger partial charge in [0.15, 0.2) is 0 Å². The van der Waals surface area contributed by atoms with Crippen LogP contribution in [0.1, 0.15) is 50.7 Å². The van der Waals surface area contributed by atoms with Crippen LogP contribution in [0.15, 0.2) is 24.3 Å². The van der Waals surface area contributed by atoms with Crippen molar-refractivity contribution in [1.82, 2.24) is 0 Å². The lowest BCUT2D eigenvalue weighted by Crippen LogP contribution is -2.65. The quantitative estimate of drug-likeness (QED) is 0.838. The molecular formula is C18H27BClNO2. The molecule has 5 heteroatoms. The first-order valence-electron chi connectivity index (χ1n) is 8.48. The summed E-state index contributed by atoms with van der Waals surface area (Å²) in [4.78, 5) is 0. The van der Waals surface area contributed by atoms with Crippen LogP contribution < -0.4 is 5.73 Å². The van der Waals surface area contributed by atoms with Crippen molar-refractivity contribution in [2.24, 2.45) is 23.0 Å². The van der Waals surface area contributed by atoms with Crippen LogP contribution in [-0.2, 0) is 9.31 Å². The van der Waals surface area contributed by atoms with Crippen LogP contribution in [0.2, 0.25) is 0 Å². The average molecular weight is 336 g/mol. The second kappa shape index (κ2) is 5.49. The Balaban J connectivity index is 0.00000156. The molecule has 3 aliphatic carbocycles. The van der Waals surface area contributed by atoms with E-state index in [-0.39, 0.29) is 37.2 Å². The maximum Gasteiger partial charge on any atom is 0.480 e. The summed E-state index contributed by atoms with van der Waals surface area (Å²) in [6.07, 6.45) is 2.58. The highest BCUT2D eigenvalue weighted by Crippen LogP contribution is 2.65. The Kier molecular flexibility index (Phi) is 4.12. The van der Waals surface area contributed by atoms with E-state index in [1.165, 1.54) is 12.0 Å². The minimum Gasteiger partial charge on any atom is -0.404 e. The van der Waals surface area contributed by atoms with Crippen LogP contribution in [0, 0.1) is 24.2 Å². The number of hydrogen-bond donors (Lipinski definition) is 1. The molecule has 1 aromatic carbocycles. The Hall–Kier alpha value is -0.545. The zero-order chi connectivity index (χ0) is 15.7. The van der Waals surface area contributed by atoms with E-state index >= 15 is 0 Å². The SMILES string of the molecule is Cc1ccc([C@@H](N)B2O[C@H]3C[C@H]4C[C@H](C4(C)C)[C@@]3(C)O2)cc1.Cl. The van der Waals surface area contributed by atoms with E-state index in [4.69, 9.17) is 15.0 Å². The Morgan fingerprint density at radius 1 is 1.17 bits per heavy atom. The molecule has 3 nitrogen and oxygen atoms in total. The third-order valence-electron chi connectivity index (χ3n) is 6.72. The predicted molar refractivity (Wildman–Crippen MR) is 95.5 cm³/mol. The van der Waals surface area contributed by atoms with E-state index in [1.807, 2.05) is 0 Å². The zero-order valence-electron chi connectivity index (χ0n) is 14.4. The predicted octanol–water partition coefficient (Wildman–Crippen LogP) is 3.68. The molecule has 1 heterocycles. The summed E-state index contributed by atoms with van der Waals surface area (Å²) in [5.41, 5.74) is 8.97. The van der Waals surface area contributed by atoms with E-state index in [1.54, 1.807) is 0 Å². The second-order valence-electron chi connectivity index (χ2n) is 8.27. The second-order valence-corrected chi connectivity index (χ2v) is 8.27. The summed E-state index contributed by atoms with van der Waals surface area (Å²) in [6.45, 7) is 9.08. The van der Waals surface area contributed by atoms with Crippen molar-refractivity contribution in [2.45, 2.75) is 58.2 Å². The van der Waals surface area contributed by atoms with Gasteiger partial charge in [0, 0.05) is 0 Å². The van der Waals surface area contributed by atoms with Gasteiger partial charge in [0.05, 0.1) is 17.6 Å². The monoisotopic (exact) mass is 335 g/mol. The molecule has 0 radical (unpaired) electrons. The van der Waals surface area contributed by atoms with Crippen molar-refractivity contribution in [3.8, 4) is 0 Å². The Morgan fingerprint density at radius 2 is 1.83 bits per heavy atom. The molecule has 2 N–H and O–H groups in total. The van der Waals surface area contributed by atoms with Gasteiger partial charge in [-0.2, -0.15) is 0 Å². The van der Waals surface area contributed by atoms with Gasteiger partial charge in [0.2, 0.25) is 0 Å². The van der Waals surface area contributed by atoms with Gasteiger partial charge in [-0.05, 0) is 49.5 Å². The van der Waals surface area contributed by atoms with E-state index in [0.717, 1.165) is 17.9 Å². The standard InChI is InChI=1S/C18H26BNO2.ClH/c1-11-5-7-12(8-6-11)16(20)19-21-15-10-13-9-14(17(13,2)3)18(15,4)22-19;/h5-8,13-16H,9-10,20H2,1-4H3;1H/t13-,14-,15+,16-,18-;/m1./s1. The molecule has 5 rings (SSSR count). The highest BCUT2D eigenvalue weighted by molar-refractivity contribution is 6.47. The number of hydrogen-bond acceptors (Lipinski definition) is 3. The number of benzene rings is 1. The number of nitrogens with two attached hydrogens (primary N) is 1. The van der Waals surface area contributed by atoms with Crippen molar-refractivity contribution in [1.29, 1.82) is 0 Å². The van der Waals surface area contributed by atoms with Crippen molar-refractivity contribution < 1.29 is 9.31 Å². The minimum absolute atomic E-state index is 0. The van der Waals surface area contributed by atoms with Gasteiger partial charge in [0.1, 0.15) is 0 Å². The molecule has 0 spiro atoms. The number of halogens is 1. The van der Waals surface area contributed by atoms with Gasteiger partial charge in [-0.25, -0.2) is 0 Å². The summed E-state index contributed by atoms with van der Waals surface area (Å²) in [6, 6.07) is 8.36. The smallest absolute Gasteiger partial charge is 0.404 e. The molecular weight excluding hydrogens is 308 g/mol. The fourth-order valence-corrected chi connectivity index (χ4v) is 5.00. The lowest BCUT2D eigenvalue weighted by Gasteiger charge is -2.64. The van der Waals surface area contributed by atoms with E-state index < -0.39 is 0 Å². The topological polar surface area (TPSA) is 44.5 Å². The summed E-state index contributed by atoms with van der Waals surface area (Å²) >= 11 is 0. The van der Waals surface area contributed by atoms with Crippen LogP contribution in [0.5, 0.6) is 0 Å². The van der Waals surface area contributed by atoms with Crippen LogP contribution in [-0.4, -0.2) is 18.8 Å². The van der Waals surface area contributed by atoms with Crippen LogP contribution in [0.3, 0.4) is 0 Å². The van der Waals surface area contributed by atoms with Gasteiger partial charge in [-0.1, -0.05) is 43.7 Å². The van der Waals surface area contributed by atoms with Gasteiger partial charge in [-0.3, -0.25) is 0 Å². The number of aryl methyl sites for hydroxylation is 1. The molecule has 1 saturated heterocycles. The maximum absolute atomic E-state index is 6.44. The highest BCUT2D eigenvalue weighted by Gasteiger charge is 2.68. The molecule has 3 saturated carbocycles. The zero-order valence-corrected chi connectivity index (χ0v) is 15.2. The molecule has 0 unspecified atom stereocenters. The first kappa shape index (κ1) is 17.3. The van der Waals surface area contributed by atoms with Crippen LogP contribution in [0.25, 0.3) is 0 Å². The summed E-state index contributed by atoms with van der Waals surface area (Å²) in [5.74, 6) is 1.14. The first-order chi connectivity index (χ1) is 10.3. The molecule has 4 fully saturated rings. The van der Waals surface area contributed by atoms with E-state index in [9.17, 15) is 0 Å².